The van der Waals surface area contributed by atoms with E-state index >= 15 is 0 Å². The summed E-state index contributed by atoms with van der Waals surface area (Å²) >= 11 is 0. The highest BCUT2D eigenvalue weighted by Crippen LogP contribution is 2.39. The van der Waals surface area contributed by atoms with Crippen LogP contribution in [0.4, 0.5) is 0 Å². The summed E-state index contributed by atoms with van der Waals surface area (Å²) in [6, 6.07) is 0. The number of fused-ring (bicyclic) bond motifs is 1. The van der Waals surface area contributed by atoms with Gasteiger partial charge in [0.25, 0.3) is 0 Å². The first-order chi connectivity index (χ1) is 5.29. The van der Waals surface area contributed by atoms with Gasteiger partial charge in [0, 0.05) is 5.92 Å². The Morgan fingerprint density at radius 3 is 3.00 bits per heavy atom. The molecule has 0 saturated heterocycles. The van der Waals surface area contributed by atoms with Crippen molar-refractivity contribution in [3.05, 3.63) is 12.2 Å². The quantitative estimate of drug-likeness (QED) is 0.517. The van der Waals surface area contributed by atoms with Gasteiger partial charge in [-0.15, -0.1) is 0 Å². The molecule has 3 atom stereocenters. The van der Waals surface area contributed by atoms with E-state index in [0.717, 1.165) is 0 Å². The molecule has 0 radical (unpaired) electrons. The lowest BCUT2D eigenvalue weighted by Crippen LogP contribution is -2.27. The monoisotopic (exact) mass is 150 g/mol. The topological polar surface area (TPSA) is 17.1 Å². The summed E-state index contributed by atoms with van der Waals surface area (Å²) in [4.78, 5) is 11.3. The number of hydrogen-bond donors (Lipinski definition) is 0. The summed E-state index contributed by atoms with van der Waals surface area (Å²) in [6.45, 7) is 2.21. The number of carbonyl (C=O) groups is 1. The molecule has 60 valence electrons. The molecule has 11 heavy (non-hydrogen) atoms. The van der Waals surface area contributed by atoms with Crippen LogP contribution >= 0.6 is 0 Å². The Labute approximate surface area is 67.5 Å². The van der Waals surface area contributed by atoms with Gasteiger partial charge in [0.05, 0.1) is 0 Å². The minimum atomic E-state index is 0.351. The minimum Gasteiger partial charge on any atom is -0.295 e. The van der Waals surface area contributed by atoms with E-state index < -0.39 is 0 Å². The van der Waals surface area contributed by atoms with Crippen molar-refractivity contribution in [2.24, 2.45) is 17.8 Å². The molecule has 0 spiro atoms. The van der Waals surface area contributed by atoms with Crippen molar-refractivity contribution < 1.29 is 4.79 Å². The van der Waals surface area contributed by atoms with Crippen LogP contribution in [0.25, 0.3) is 0 Å². The predicted octanol–water partition coefficient (Wildman–Crippen LogP) is 2.18. The molecule has 0 amide bonds. The van der Waals surface area contributed by atoms with Crippen LogP contribution in [-0.2, 0) is 4.79 Å². The summed E-state index contributed by atoms with van der Waals surface area (Å²) in [7, 11) is 0. The third-order valence-corrected chi connectivity index (χ3v) is 3.11. The Morgan fingerprint density at radius 1 is 1.45 bits per heavy atom. The fraction of sp³-hybridized carbons (Fsp3) is 0.700. The molecule has 1 fully saturated rings. The molecule has 0 aromatic carbocycles. The second-order valence-corrected chi connectivity index (χ2v) is 3.86. The van der Waals surface area contributed by atoms with E-state index in [0.29, 0.717) is 23.5 Å². The average molecular weight is 150 g/mol. The zero-order valence-electron chi connectivity index (χ0n) is 6.92. The predicted molar refractivity (Wildman–Crippen MR) is 44.1 cm³/mol. The standard InChI is InChI=1S/C10H14O/c1-7-3-2-4-8-5-6-9(11)10(7)8/h5-8,10H,2-4H2,1H3/t7-,8-,10-/m0/s1. The molecule has 0 aromatic rings. The Bertz CT molecular complexity index is 205. The molecule has 2 aliphatic rings. The van der Waals surface area contributed by atoms with E-state index in [9.17, 15) is 4.79 Å². The van der Waals surface area contributed by atoms with E-state index in [1.807, 2.05) is 0 Å². The van der Waals surface area contributed by atoms with Gasteiger partial charge in [-0.05, 0) is 30.8 Å². The number of ketones is 1. The van der Waals surface area contributed by atoms with E-state index in [1.54, 1.807) is 6.08 Å². The van der Waals surface area contributed by atoms with Crippen LogP contribution in [0.15, 0.2) is 12.2 Å². The molecule has 1 heteroatoms. The van der Waals surface area contributed by atoms with Gasteiger partial charge in [-0.2, -0.15) is 0 Å². The summed E-state index contributed by atoms with van der Waals surface area (Å²) in [5.41, 5.74) is 0. The summed E-state index contributed by atoms with van der Waals surface area (Å²) in [5.74, 6) is 1.94. The lowest BCUT2D eigenvalue weighted by molar-refractivity contribution is -0.120. The largest absolute Gasteiger partial charge is 0.295 e. The van der Waals surface area contributed by atoms with Gasteiger partial charge >= 0.3 is 0 Å². The Morgan fingerprint density at radius 2 is 2.27 bits per heavy atom. The molecular formula is C10H14O. The molecule has 0 aliphatic heterocycles. The van der Waals surface area contributed by atoms with Crippen LogP contribution < -0.4 is 0 Å². The molecular weight excluding hydrogens is 136 g/mol. The highest BCUT2D eigenvalue weighted by molar-refractivity contribution is 5.94. The van der Waals surface area contributed by atoms with E-state index in [2.05, 4.69) is 13.0 Å². The molecule has 0 heterocycles. The van der Waals surface area contributed by atoms with Crippen LogP contribution in [0.3, 0.4) is 0 Å². The van der Waals surface area contributed by atoms with E-state index in [-0.39, 0.29) is 0 Å². The number of allylic oxidation sites excluding steroid dienone is 2. The van der Waals surface area contributed by atoms with Crippen molar-refractivity contribution in [3.8, 4) is 0 Å². The van der Waals surface area contributed by atoms with E-state index in [4.69, 9.17) is 0 Å². The van der Waals surface area contributed by atoms with Crippen molar-refractivity contribution in [1.29, 1.82) is 0 Å². The zero-order valence-corrected chi connectivity index (χ0v) is 6.92. The molecule has 1 nitrogen and oxygen atoms in total. The van der Waals surface area contributed by atoms with Crippen molar-refractivity contribution in [3.63, 3.8) is 0 Å². The maximum absolute atomic E-state index is 11.3. The first kappa shape index (κ1) is 7.08. The Balaban J connectivity index is 2.19. The number of hydrogen-bond acceptors (Lipinski definition) is 1. The van der Waals surface area contributed by atoms with Crippen molar-refractivity contribution in [2.75, 3.05) is 0 Å². The number of carbonyl (C=O) groups excluding carboxylic acids is 1. The molecule has 0 aromatic heterocycles. The highest BCUT2D eigenvalue weighted by atomic mass is 16.1. The molecule has 0 N–H and O–H groups in total. The molecule has 1 saturated carbocycles. The van der Waals surface area contributed by atoms with Crippen molar-refractivity contribution in [1.82, 2.24) is 0 Å². The maximum Gasteiger partial charge on any atom is 0.159 e. The smallest absolute Gasteiger partial charge is 0.159 e. The van der Waals surface area contributed by atoms with Gasteiger partial charge in [-0.25, -0.2) is 0 Å². The summed E-state index contributed by atoms with van der Waals surface area (Å²) in [6.07, 6.45) is 7.69. The van der Waals surface area contributed by atoms with Gasteiger partial charge in [0.2, 0.25) is 0 Å². The summed E-state index contributed by atoms with van der Waals surface area (Å²) < 4.78 is 0. The molecule has 0 bridgehead atoms. The maximum atomic E-state index is 11.3. The van der Waals surface area contributed by atoms with Gasteiger partial charge in [-0.3, -0.25) is 4.79 Å². The molecule has 0 unspecified atom stereocenters. The van der Waals surface area contributed by atoms with Gasteiger partial charge in [0.1, 0.15) is 0 Å². The fourth-order valence-corrected chi connectivity index (χ4v) is 2.49. The normalized spacial score (nSPS) is 42.6. The van der Waals surface area contributed by atoms with Crippen LogP contribution in [-0.4, -0.2) is 5.78 Å². The SMILES string of the molecule is C[C@H]1CCC[C@H]2C=CC(=O)[C@H]21. The second-order valence-electron chi connectivity index (χ2n) is 3.86. The number of rotatable bonds is 0. The van der Waals surface area contributed by atoms with Gasteiger partial charge in [-0.1, -0.05) is 19.4 Å². The first-order valence-corrected chi connectivity index (χ1v) is 4.51. The third-order valence-electron chi connectivity index (χ3n) is 3.11. The third kappa shape index (κ3) is 1.03. The van der Waals surface area contributed by atoms with E-state index in [1.165, 1.54) is 19.3 Å². The van der Waals surface area contributed by atoms with Crippen LogP contribution in [0.1, 0.15) is 26.2 Å². The second kappa shape index (κ2) is 2.47. The zero-order chi connectivity index (χ0) is 7.84. The Kier molecular flexibility index (Phi) is 1.59. The van der Waals surface area contributed by atoms with Gasteiger partial charge in [0.15, 0.2) is 5.78 Å². The summed E-state index contributed by atoms with van der Waals surface area (Å²) in [5, 5.41) is 0. The fourth-order valence-electron chi connectivity index (χ4n) is 2.49. The molecule has 2 aliphatic carbocycles. The Hall–Kier alpha value is -0.590. The van der Waals surface area contributed by atoms with Crippen LogP contribution in [0, 0.1) is 17.8 Å². The van der Waals surface area contributed by atoms with Crippen molar-refractivity contribution >= 4 is 5.78 Å². The minimum absolute atomic E-state index is 0.351. The van der Waals surface area contributed by atoms with Gasteiger partial charge < -0.3 is 0 Å². The van der Waals surface area contributed by atoms with Crippen LogP contribution in [0.2, 0.25) is 0 Å². The lowest BCUT2D eigenvalue weighted by atomic mass is 9.74. The lowest BCUT2D eigenvalue weighted by Gasteiger charge is -2.29. The van der Waals surface area contributed by atoms with Crippen LogP contribution in [0.5, 0.6) is 0 Å². The average Bonchev–Trinajstić information content (AvgIpc) is 2.34. The van der Waals surface area contributed by atoms with Crippen molar-refractivity contribution in [2.45, 2.75) is 26.2 Å². The first-order valence-electron chi connectivity index (χ1n) is 4.51. The highest BCUT2D eigenvalue weighted by Gasteiger charge is 2.36. The molecule has 2 rings (SSSR count).